The van der Waals surface area contributed by atoms with Gasteiger partial charge in [-0.15, -0.1) is 0 Å². The van der Waals surface area contributed by atoms with E-state index >= 15 is 0 Å². The maximum absolute atomic E-state index is 11.8. The van der Waals surface area contributed by atoms with Gasteiger partial charge in [0.2, 0.25) is 0 Å². The van der Waals surface area contributed by atoms with Crippen LogP contribution in [0.2, 0.25) is 0 Å². The second kappa shape index (κ2) is 9.97. The highest BCUT2D eigenvalue weighted by molar-refractivity contribution is 5.96. The normalized spacial score (nSPS) is 10.2. The topological polar surface area (TPSA) is 62.2 Å². The standard InChI is InChI=1S/C17H26N2O2/c1-3-4-5-6-7-12-21-16-10-8-15(9-11-16)17(20)19-13-14(2)18/h8-11,18H,3-7,12-13H2,1-2H3,(H,19,20). The summed E-state index contributed by atoms with van der Waals surface area (Å²) >= 11 is 0. The minimum atomic E-state index is -0.160. The van der Waals surface area contributed by atoms with Crippen LogP contribution in [0.1, 0.15) is 56.3 Å². The van der Waals surface area contributed by atoms with Crippen LogP contribution in [0.4, 0.5) is 0 Å². The summed E-state index contributed by atoms with van der Waals surface area (Å²) in [5, 5.41) is 9.97. The van der Waals surface area contributed by atoms with E-state index in [-0.39, 0.29) is 12.5 Å². The Morgan fingerprint density at radius 2 is 1.81 bits per heavy atom. The van der Waals surface area contributed by atoms with Gasteiger partial charge >= 0.3 is 0 Å². The number of ether oxygens (including phenoxy) is 1. The van der Waals surface area contributed by atoms with Gasteiger partial charge in [-0.3, -0.25) is 4.79 Å². The van der Waals surface area contributed by atoms with Gasteiger partial charge in [0.15, 0.2) is 0 Å². The molecule has 0 aliphatic carbocycles. The molecular weight excluding hydrogens is 264 g/mol. The van der Waals surface area contributed by atoms with Crippen molar-refractivity contribution >= 4 is 11.6 Å². The third kappa shape index (κ3) is 7.49. The molecule has 1 aromatic rings. The number of carbonyl (C=O) groups is 1. The van der Waals surface area contributed by atoms with Gasteiger partial charge in [0.1, 0.15) is 5.75 Å². The van der Waals surface area contributed by atoms with Crippen molar-refractivity contribution in [3.63, 3.8) is 0 Å². The first-order valence-electron chi connectivity index (χ1n) is 7.68. The third-order valence-corrected chi connectivity index (χ3v) is 3.15. The number of hydrogen-bond acceptors (Lipinski definition) is 3. The minimum Gasteiger partial charge on any atom is -0.494 e. The molecule has 116 valence electrons. The number of benzene rings is 1. The highest BCUT2D eigenvalue weighted by Crippen LogP contribution is 2.13. The highest BCUT2D eigenvalue weighted by atomic mass is 16.5. The van der Waals surface area contributed by atoms with Crippen molar-refractivity contribution in [2.75, 3.05) is 13.2 Å². The fourth-order valence-corrected chi connectivity index (χ4v) is 1.91. The molecule has 0 fully saturated rings. The first kappa shape index (κ1) is 17.2. The molecule has 0 saturated heterocycles. The van der Waals surface area contributed by atoms with Crippen LogP contribution in [0.5, 0.6) is 5.75 Å². The minimum absolute atomic E-state index is 0.160. The number of hydrogen-bond donors (Lipinski definition) is 2. The molecule has 0 atom stereocenters. The summed E-state index contributed by atoms with van der Waals surface area (Å²) in [6.07, 6.45) is 6.09. The van der Waals surface area contributed by atoms with Crippen LogP contribution >= 0.6 is 0 Å². The van der Waals surface area contributed by atoms with Gasteiger partial charge in [-0.25, -0.2) is 0 Å². The Hall–Kier alpha value is -1.84. The molecule has 2 N–H and O–H groups in total. The van der Waals surface area contributed by atoms with Crippen molar-refractivity contribution in [1.29, 1.82) is 5.41 Å². The predicted molar refractivity (Wildman–Crippen MR) is 86.4 cm³/mol. The SMILES string of the molecule is CCCCCCCOc1ccc(C(=O)NCC(C)=N)cc1. The highest BCUT2D eigenvalue weighted by Gasteiger charge is 2.05. The van der Waals surface area contributed by atoms with Gasteiger partial charge in [-0.1, -0.05) is 32.6 Å². The number of nitrogens with one attached hydrogen (secondary N) is 2. The van der Waals surface area contributed by atoms with Crippen LogP contribution < -0.4 is 10.1 Å². The summed E-state index contributed by atoms with van der Waals surface area (Å²) in [7, 11) is 0. The fraction of sp³-hybridized carbons (Fsp3) is 0.529. The lowest BCUT2D eigenvalue weighted by molar-refractivity contribution is 0.0959. The van der Waals surface area contributed by atoms with E-state index in [1.54, 1.807) is 19.1 Å². The summed E-state index contributed by atoms with van der Waals surface area (Å²) in [4.78, 5) is 11.8. The number of rotatable bonds is 10. The summed E-state index contributed by atoms with van der Waals surface area (Å²) in [6, 6.07) is 7.14. The Labute approximate surface area is 127 Å². The first-order chi connectivity index (χ1) is 10.1. The van der Waals surface area contributed by atoms with Crippen molar-refractivity contribution < 1.29 is 9.53 Å². The van der Waals surface area contributed by atoms with Crippen LogP contribution in [0.15, 0.2) is 24.3 Å². The maximum atomic E-state index is 11.8. The average Bonchev–Trinajstić information content (AvgIpc) is 2.49. The van der Waals surface area contributed by atoms with Crippen LogP contribution in [0.25, 0.3) is 0 Å². The quantitative estimate of drug-likeness (QED) is 0.508. The molecule has 0 bridgehead atoms. The third-order valence-electron chi connectivity index (χ3n) is 3.15. The molecule has 0 aliphatic heterocycles. The van der Waals surface area contributed by atoms with Crippen LogP contribution in [0.3, 0.4) is 0 Å². The fourth-order valence-electron chi connectivity index (χ4n) is 1.91. The molecule has 4 heteroatoms. The molecule has 0 unspecified atom stereocenters. The van der Waals surface area contributed by atoms with Crippen molar-refractivity contribution in [3.05, 3.63) is 29.8 Å². The molecule has 4 nitrogen and oxygen atoms in total. The molecule has 0 aromatic heterocycles. The second-order valence-corrected chi connectivity index (χ2v) is 5.25. The number of carbonyl (C=O) groups excluding carboxylic acids is 1. The predicted octanol–water partition coefficient (Wildman–Crippen LogP) is 3.81. The van der Waals surface area contributed by atoms with Gasteiger partial charge in [0.25, 0.3) is 5.91 Å². The molecule has 1 rings (SSSR count). The van der Waals surface area contributed by atoms with Crippen molar-refractivity contribution in [1.82, 2.24) is 5.32 Å². The van der Waals surface area contributed by atoms with Gasteiger partial charge < -0.3 is 15.5 Å². The van der Waals surface area contributed by atoms with Gasteiger partial charge in [-0.05, 0) is 37.6 Å². The van der Waals surface area contributed by atoms with Crippen LogP contribution in [-0.4, -0.2) is 24.8 Å². The Balaban J connectivity index is 2.29. The summed E-state index contributed by atoms with van der Waals surface area (Å²) in [6.45, 7) is 4.88. The Bertz CT molecular complexity index is 441. The van der Waals surface area contributed by atoms with Crippen LogP contribution in [0, 0.1) is 5.41 Å². The maximum Gasteiger partial charge on any atom is 0.251 e. The molecule has 0 aliphatic rings. The zero-order valence-electron chi connectivity index (χ0n) is 13.1. The van der Waals surface area contributed by atoms with Gasteiger partial charge in [0.05, 0.1) is 13.2 Å². The summed E-state index contributed by atoms with van der Waals surface area (Å²) in [5.41, 5.74) is 1.03. The van der Waals surface area contributed by atoms with Crippen LogP contribution in [-0.2, 0) is 0 Å². The van der Waals surface area contributed by atoms with Gasteiger partial charge in [-0.2, -0.15) is 0 Å². The average molecular weight is 290 g/mol. The monoisotopic (exact) mass is 290 g/mol. The zero-order valence-corrected chi connectivity index (χ0v) is 13.1. The summed E-state index contributed by atoms with van der Waals surface area (Å²) < 4.78 is 5.65. The molecule has 21 heavy (non-hydrogen) atoms. The first-order valence-corrected chi connectivity index (χ1v) is 7.68. The zero-order chi connectivity index (χ0) is 15.5. The van der Waals surface area contributed by atoms with Crippen molar-refractivity contribution in [2.24, 2.45) is 0 Å². The number of unbranched alkanes of at least 4 members (excludes halogenated alkanes) is 4. The van der Waals surface area contributed by atoms with E-state index in [0.29, 0.717) is 11.3 Å². The van der Waals surface area contributed by atoms with Gasteiger partial charge in [0, 0.05) is 11.3 Å². The van der Waals surface area contributed by atoms with E-state index in [4.69, 9.17) is 10.1 Å². The molecule has 1 amide bonds. The Morgan fingerprint density at radius 3 is 2.43 bits per heavy atom. The lowest BCUT2D eigenvalue weighted by Crippen LogP contribution is -2.27. The van der Waals surface area contributed by atoms with E-state index in [1.165, 1.54) is 25.7 Å². The lowest BCUT2D eigenvalue weighted by Gasteiger charge is -2.07. The number of amides is 1. The lowest BCUT2D eigenvalue weighted by atomic mass is 10.2. The second-order valence-electron chi connectivity index (χ2n) is 5.25. The van der Waals surface area contributed by atoms with E-state index in [1.807, 2.05) is 12.1 Å². The summed E-state index contributed by atoms with van der Waals surface area (Å²) in [5.74, 6) is 0.637. The Kier molecular flexibility index (Phi) is 8.17. The molecular formula is C17H26N2O2. The van der Waals surface area contributed by atoms with E-state index in [2.05, 4.69) is 12.2 Å². The molecule has 0 saturated carbocycles. The van der Waals surface area contributed by atoms with Crippen molar-refractivity contribution in [3.8, 4) is 5.75 Å². The Morgan fingerprint density at radius 1 is 1.14 bits per heavy atom. The van der Waals surface area contributed by atoms with Crippen molar-refractivity contribution in [2.45, 2.75) is 46.0 Å². The van der Waals surface area contributed by atoms with E-state index < -0.39 is 0 Å². The largest absolute Gasteiger partial charge is 0.494 e. The van der Waals surface area contributed by atoms with E-state index in [9.17, 15) is 4.79 Å². The molecule has 1 aromatic carbocycles. The molecule has 0 spiro atoms. The smallest absolute Gasteiger partial charge is 0.251 e. The molecule has 0 heterocycles. The van der Waals surface area contributed by atoms with E-state index in [0.717, 1.165) is 18.8 Å². The molecule has 0 radical (unpaired) electrons.